The van der Waals surface area contributed by atoms with E-state index in [1.54, 1.807) is 6.20 Å². The predicted molar refractivity (Wildman–Crippen MR) is 67.3 cm³/mol. The lowest BCUT2D eigenvalue weighted by molar-refractivity contribution is 1.32. The molecule has 0 aliphatic heterocycles. The Labute approximate surface area is 102 Å². The maximum absolute atomic E-state index is 6.13. The second-order valence-electron chi connectivity index (χ2n) is 3.16. The molecular formula is C12H9BrClN. The molecule has 0 fully saturated rings. The first kappa shape index (κ1) is 10.7. The van der Waals surface area contributed by atoms with Gasteiger partial charge in [0.15, 0.2) is 0 Å². The van der Waals surface area contributed by atoms with Crippen LogP contribution in [-0.4, -0.2) is 4.98 Å². The van der Waals surface area contributed by atoms with Crippen molar-refractivity contribution in [3.63, 3.8) is 0 Å². The van der Waals surface area contributed by atoms with Gasteiger partial charge in [0, 0.05) is 22.1 Å². The van der Waals surface area contributed by atoms with Gasteiger partial charge in [0.2, 0.25) is 0 Å². The first-order valence-corrected chi connectivity index (χ1v) is 6.07. The lowest BCUT2D eigenvalue weighted by Gasteiger charge is -2.05. The molecule has 76 valence electrons. The fraction of sp³-hybridized carbons (Fsp3) is 0.0833. The Morgan fingerprint density at radius 1 is 1.20 bits per heavy atom. The van der Waals surface area contributed by atoms with Gasteiger partial charge in [0.05, 0.1) is 5.69 Å². The van der Waals surface area contributed by atoms with Gasteiger partial charge >= 0.3 is 0 Å². The molecule has 0 saturated carbocycles. The molecule has 0 atom stereocenters. The van der Waals surface area contributed by atoms with Crippen LogP contribution >= 0.6 is 27.5 Å². The van der Waals surface area contributed by atoms with Gasteiger partial charge in [-0.1, -0.05) is 39.7 Å². The minimum atomic E-state index is 0.735. The average molecular weight is 283 g/mol. The summed E-state index contributed by atoms with van der Waals surface area (Å²) in [7, 11) is 0. The topological polar surface area (TPSA) is 12.9 Å². The Bertz CT molecular complexity index is 456. The average Bonchev–Trinajstić information content (AvgIpc) is 2.31. The highest BCUT2D eigenvalue weighted by Gasteiger charge is 2.04. The monoisotopic (exact) mass is 281 g/mol. The molecule has 2 aromatic rings. The molecule has 3 heteroatoms. The van der Waals surface area contributed by atoms with Crippen molar-refractivity contribution in [2.75, 3.05) is 0 Å². The lowest BCUT2D eigenvalue weighted by Crippen LogP contribution is -1.85. The molecule has 1 aromatic carbocycles. The van der Waals surface area contributed by atoms with E-state index in [2.05, 4.69) is 27.0 Å². The van der Waals surface area contributed by atoms with E-state index >= 15 is 0 Å². The third-order valence-electron chi connectivity index (χ3n) is 2.13. The van der Waals surface area contributed by atoms with Crippen LogP contribution in [0, 0.1) is 0 Å². The van der Waals surface area contributed by atoms with E-state index in [0.717, 1.165) is 21.6 Å². The molecular weight excluding hydrogens is 273 g/mol. The minimum absolute atomic E-state index is 0.735. The summed E-state index contributed by atoms with van der Waals surface area (Å²) < 4.78 is 0. The van der Waals surface area contributed by atoms with Gasteiger partial charge in [0.25, 0.3) is 0 Å². The summed E-state index contributed by atoms with van der Waals surface area (Å²) >= 11 is 9.56. The second kappa shape index (κ2) is 4.77. The Hall–Kier alpha value is -0.860. The summed E-state index contributed by atoms with van der Waals surface area (Å²) in [6, 6.07) is 11.8. The molecule has 15 heavy (non-hydrogen) atoms. The van der Waals surface area contributed by atoms with Crippen molar-refractivity contribution in [1.82, 2.24) is 4.98 Å². The summed E-state index contributed by atoms with van der Waals surface area (Å²) in [5, 5.41) is 1.56. The van der Waals surface area contributed by atoms with Gasteiger partial charge in [0.1, 0.15) is 0 Å². The largest absolute Gasteiger partial charge is 0.256 e. The second-order valence-corrected chi connectivity index (χ2v) is 4.13. The zero-order valence-corrected chi connectivity index (χ0v) is 10.3. The number of nitrogens with zero attached hydrogens (tertiary/aromatic N) is 1. The maximum atomic E-state index is 6.13. The molecule has 0 bridgehead atoms. The number of pyridine rings is 1. The van der Waals surface area contributed by atoms with Crippen LogP contribution in [0.4, 0.5) is 0 Å². The van der Waals surface area contributed by atoms with Crippen LogP contribution in [0.2, 0.25) is 5.02 Å². The van der Waals surface area contributed by atoms with E-state index in [9.17, 15) is 0 Å². The van der Waals surface area contributed by atoms with E-state index in [-0.39, 0.29) is 0 Å². The normalized spacial score (nSPS) is 10.3. The van der Waals surface area contributed by atoms with Crippen molar-refractivity contribution in [3.8, 4) is 11.3 Å². The van der Waals surface area contributed by atoms with E-state index in [4.69, 9.17) is 11.6 Å². The van der Waals surface area contributed by atoms with Gasteiger partial charge in [-0.25, -0.2) is 0 Å². The van der Waals surface area contributed by atoms with Gasteiger partial charge < -0.3 is 0 Å². The standard InChI is InChI=1S/C12H9BrClN/c13-8-9-4-5-11(14)10(7-9)12-3-1-2-6-15-12/h1-7H,8H2. The van der Waals surface area contributed by atoms with Crippen molar-refractivity contribution in [1.29, 1.82) is 0 Å². The third kappa shape index (κ3) is 2.39. The van der Waals surface area contributed by atoms with Gasteiger partial charge in [-0.05, 0) is 29.8 Å². The van der Waals surface area contributed by atoms with E-state index in [1.165, 1.54) is 5.56 Å². The highest BCUT2D eigenvalue weighted by Crippen LogP contribution is 2.27. The fourth-order valence-corrected chi connectivity index (χ4v) is 1.94. The summed E-state index contributed by atoms with van der Waals surface area (Å²) in [5.74, 6) is 0. The first-order chi connectivity index (χ1) is 7.31. The number of halogens is 2. The Kier molecular flexibility index (Phi) is 3.39. The highest BCUT2D eigenvalue weighted by molar-refractivity contribution is 9.08. The summed E-state index contributed by atoms with van der Waals surface area (Å²) in [6.45, 7) is 0. The Balaban J connectivity index is 2.52. The van der Waals surface area contributed by atoms with Crippen LogP contribution < -0.4 is 0 Å². The van der Waals surface area contributed by atoms with Crippen LogP contribution in [0.1, 0.15) is 5.56 Å². The van der Waals surface area contributed by atoms with Crippen molar-refractivity contribution in [2.24, 2.45) is 0 Å². The molecule has 1 nitrogen and oxygen atoms in total. The minimum Gasteiger partial charge on any atom is -0.256 e. The van der Waals surface area contributed by atoms with E-state index < -0.39 is 0 Å². The van der Waals surface area contributed by atoms with Gasteiger partial charge in [-0.15, -0.1) is 0 Å². The molecule has 0 unspecified atom stereocenters. The number of hydrogen-bond donors (Lipinski definition) is 0. The smallest absolute Gasteiger partial charge is 0.0717 e. The molecule has 0 aliphatic rings. The number of hydrogen-bond acceptors (Lipinski definition) is 1. The summed E-state index contributed by atoms with van der Waals surface area (Å²) in [4.78, 5) is 4.29. The Morgan fingerprint density at radius 3 is 2.73 bits per heavy atom. The molecule has 0 amide bonds. The van der Waals surface area contributed by atoms with Crippen LogP contribution in [0.3, 0.4) is 0 Å². The van der Waals surface area contributed by atoms with E-state index in [0.29, 0.717) is 0 Å². The quantitative estimate of drug-likeness (QED) is 0.749. The number of benzene rings is 1. The lowest BCUT2D eigenvalue weighted by atomic mass is 10.1. The molecule has 0 spiro atoms. The molecule has 1 aromatic heterocycles. The molecule has 0 saturated heterocycles. The molecule has 0 aliphatic carbocycles. The van der Waals surface area contributed by atoms with Crippen LogP contribution in [0.5, 0.6) is 0 Å². The van der Waals surface area contributed by atoms with E-state index in [1.807, 2.05) is 30.3 Å². The van der Waals surface area contributed by atoms with Gasteiger partial charge in [-0.3, -0.25) is 4.98 Å². The fourth-order valence-electron chi connectivity index (χ4n) is 1.37. The van der Waals surface area contributed by atoms with Crippen molar-refractivity contribution in [3.05, 3.63) is 53.2 Å². The van der Waals surface area contributed by atoms with Gasteiger partial charge in [-0.2, -0.15) is 0 Å². The molecule has 0 N–H and O–H groups in total. The van der Waals surface area contributed by atoms with Crippen molar-refractivity contribution >= 4 is 27.5 Å². The van der Waals surface area contributed by atoms with Crippen LogP contribution in [-0.2, 0) is 5.33 Å². The van der Waals surface area contributed by atoms with Crippen molar-refractivity contribution in [2.45, 2.75) is 5.33 Å². The highest BCUT2D eigenvalue weighted by atomic mass is 79.9. The maximum Gasteiger partial charge on any atom is 0.0717 e. The molecule has 2 rings (SSSR count). The molecule has 0 radical (unpaired) electrons. The first-order valence-electron chi connectivity index (χ1n) is 4.57. The zero-order chi connectivity index (χ0) is 10.7. The number of alkyl halides is 1. The van der Waals surface area contributed by atoms with Crippen LogP contribution in [0.25, 0.3) is 11.3 Å². The third-order valence-corrected chi connectivity index (χ3v) is 3.10. The molecule has 1 heterocycles. The summed E-state index contributed by atoms with van der Waals surface area (Å²) in [6.07, 6.45) is 1.77. The SMILES string of the molecule is Clc1ccc(CBr)cc1-c1ccccn1. The number of aromatic nitrogens is 1. The summed E-state index contributed by atoms with van der Waals surface area (Å²) in [5.41, 5.74) is 3.08. The zero-order valence-electron chi connectivity index (χ0n) is 7.95. The van der Waals surface area contributed by atoms with Crippen LogP contribution in [0.15, 0.2) is 42.6 Å². The van der Waals surface area contributed by atoms with Crippen molar-refractivity contribution < 1.29 is 0 Å². The number of rotatable bonds is 2. The predicted octanol–water partition coefficient (Wildman–Crippen LogP) is 4.30. The Morgan fingerprint density at radius 2 is 2.07 bits per heavy atom.